The SMILES string of the molecule is COc1ccc(C(CC(C)C)NC(=O)C(C)Oc2ccc(N(C)S(C)(=O)=O)cc2)cc1. The summed E-state index contributed by atoms with van der Waals surface area (Å²) < 4.78 is 35.5. The van der Waals surface area contributed by atoms with Crippen LogP contribution in [0.3, 0.4) is 0 Å². The van der Waals surface area contributed by atoms with Gasteiger partial charge in [-0.3, -0.25) is 9.10 Å². The smallest absolute Gasteiger partial charge is 0.261 e. The molecule has 0 saturated carbocycles. The van der Waals surface area contributed by atoms with Gasteiger partial charge in [0.15, 0.2) is 6.10 Å². The average molecular weight is 449 g/mol. The summed E-state index contributed by atoms with van der Waals surface area (Å²) in [6.07, 6.45) is 1.21. The number of sulfonamides is 1. The number of benzene rings is 2. The van der Waals surface area contributed by atoms with E-state index >= 15 is 0 Å². The minimum atomic E-state index is -3.34. The number of amides is 1. The van der Waals surface area contributed by atoms with Crippen molar-refractivity contribution in [1.29, 1.82) is 0 Å². The van der Waals surface area contributed by atoms with Crippen molar-refractivity contribution in [3.8, 4) is 11.5 Å². The van der Waals surface area contributed by atoms with E-state index in [2.05, 4.69) is 19.2 Å². The highest BCUT2D eigenvalue weighted by Gasteiger charge is 2.21. The van der Waals surface area contributed by atoms with E-state index in [1.165, 1.54) is 11.4 Å². The van der Waals surface area contributed by atoms with Crippen LogP contribution in [0, 0.1) is 5.92 Å². The van der Waals surface area contributed by atoms with Crippen molar-refractivity contribution in [1.82, 2.24) is 5.32 Å². The van der Waals surface area contributed by atoms with Gasteiger partial charge in [-0.15, -0.1) is 0 Å². The van der Waals surface area contributed by atoms with Gasteiger partial charge >= 0.3 is 0 Å². The molecule has 0 aromatic heterocycles. The zero-order valence-corrected chi connectivity index (χ0v) is 19.8. The molecule has 7 nitrogen and oxygen atoms in total. The predicted molar refractivity (Wildman–Crippen MR) is 123 cm³/mol. The Kier molecular flexibility index (Phi) is 8.33. The van der Waals surface area contributed by atoms with E-state index in [4.69, 9.17) is 9.47 Å². The zero-order valence-electron chi connectivity index (χ0n) is 19.0. The number of anilines is 1. The third kappa shape index (κ3) is 7.17. The van der Waals surface area contributed by atoms with E-state index < -0.39 is 16.1 Å². The van der Waals surface area contributed by atoms with Crippen molar-refractivity contribution in [2.24, 2.45) is 5.92 Å². The Morgan fingerprint density at radius 2 is 1.55 bits per heavy atom. The first-order valence-corrected chi connectivity index (χ1v) is 12.0. The summed E-state index contributed by atoms with van der Waals surface area (Å²) in [4.78, 5) is 12.8. The highest BCUT2D eigenvalue weighted by Crippen LogP contribution is 2.25. The maximum absolute atomic E-state index is 12.8. The normalized spacial score (nSPS) is 13.4. The molecular weight excluding hydrogens is 416 g/mol. The van der Waals surface area contributed by atoms with E-state index in [0.29, 0.717) is 17.4 Å². The van der Waals surface area contributed by atoms with E-state index in [9.17, 15) is 13.2 Å². The Morgan fingerprint density at radius 1 is 1.00 bits per heavy atom. The van der Waals surface area contributed by atoms with Gasteiger partial charge in [-0.1, -0.05) is 26.0 Å². The second kappa shape index (κ2) is 10.5. The molecule has 0 bridgehead atoms. The average Bonchev–Trinajstić information content (AvgIpc) is 2.72. The fourth-order valence-electron chi connectivity index (χ4n) is 3.06. The number of carbonyl (C=O) groups excluding carboxylic acids is 1. The van der Waals surface area contributed by atoms with Crippen molar-refractivity contribution >= 4 is 21.6 Å². The molecule has 2 atom stereocenters. The van der Waals surface area contributed by atoms with Gasteiger partial charge in [0.1, 0.15) is 11.5 Å². The molecular formula is C23H32N2O5S. The van der Waals surface area contributed by atoms with Gasteiger partial charge in [0, 0.05) is 7.05 Å². The molecule has 0 aliphatic carbocycles. The molecule has 2 unspecified atom stereocenters. The summed E-state index contributed by atoms with van der Waals surface area (Å²) in [7, 11) is -0.239. The monoisotopic (exact) mass is 448 g/mol. The van der Waals surface area contributed by atoms with Crippen LogP contribution in [0.25, 0.3) is 0 Å². The third-order valence-electron chi connectivity index (χ3n) is 4.92. The van der Waals surface area contributed by atoms with Crippen molar-refractivity contribution in [3.63, 3.8) is 0 Å². The van der Waals surface area contributed by atoms with Crippen LogP contribution in [-0.2, 0) is 14.8 Å². The number of ether oxygens (including phenoxy) is 2. The van der Waals surface area contributed by atoms with Crippen LogP contribution in [0.1, 0.15) is 38.8 Å². The number of carbonyl (C=O) groups is 1. The number of nitrogens with one attached hydrogen (secondary N) is 1. The molecule has 2 rings (SSSR count). The lowest BCUT2D eigenvalue weighted by molar-refractivity contribution is -0.128. The number of methoxy groups -OCH3 is 1. The first kappa shape index (κ1) is 24.5. The van der Waals surface area contributed by atoms with Gasteiger partial charge in [0.25, 0.3) is 5.91 Å². The number of hydrogen-bond acceptors (Lipinski definition) is 5. The molecule has 1 N–H and O–H groups in total. The lowest BCUT2D eigenvalue weighted by Crippen LogP contribution is -2.39. The van der Waals surface area contributed by atoms with Crippen LogP contribution in [-0.4, -0.2) is 40.8 Å². The quantitative estimate of drug-likeness (QED) is 0.598. The van der Waals surface area contributed by atoms with Crippen LogP contribution in [0.5, 0.6) is 11.5 Å². The first-order chi connectivity index (χ1) is 14.5. The molecule has 0 fully saturated rings. The van der Waals surface area contributed by atoms with E-state index in [1.54, 1.807) is 38.3 Å². The topological polar surface area (TPSA) is 84.9 Å². The minimum absolute atomic E-state index is 0.143. The molecule has 2 aromatic rings. The van der Waals surface area contributed by atoms with Gasteiger partial charge in [-0.2, -0.15) is 0 Å². The Morgan fingerprint density at radius 3 is 2.03 bits per heavy atom. The van der Waals surface area contributed by atoms with E-state index in [1.807, 2.05) is 24.3 Å². The summed E-state index contributed by atoms with van der Waals surface area (Å²) in [5.41, 5.74) is 1.52. The fraction of sp³-hybridized carbons (Fsp3) is 0.435. The molecule has 0 radical (unpaired) electrons. The molecule has 0 spiro atoms. The van der Waals surface area contributed by atoms with Crippen LogP contribution >= 0.6 is 0 Å². The van der Waals surface area contributed by atoms with E-state index in [0.717, 1.165) is 24.0 Å². The number of nitrogens with zero attached hydrogens (tertiary/aromatic N) is 1. The molecule has 31 heavy (non-hydrogen) atoms. The maximum Gasteiger partial charge on any atom is 0.261 e. The molecule has 2 aromatic carbocycles. The molecule has 0 saturated heterocycles. The number of rotatable bonds is 10. The van der Waals surface area contributed by atoms with Crippen molar-refractivity contribution in [3.05, 3.63) is 54.1 Å². The molecule has 170 valence electrons. The summed E-state index contributed by atoms with van der Waals surface area (Å²) in [6.45, 7) is 5.90. The maximum atomic E-state index is 12.8. The fourth-order valence-corrected chi connectivity index (χ4v) is 3.56. The third-order valence-corrected chi connectivity index (χ3v) is 6.13. The summed E-state index contributed by atoms with van der Waals surface area (Å²) in [6, 6.07) is 14.1. The summed E-state index contributed by atoms with van der Waals surface area (Å²) in [5.74, 6) is 1.42. The number of hydrogen-bond donors (Lipinski definition) is 1. The standard InChI is InChI=1S/C23H32N2O5S/c1-16(2)15-22(18-7-11-20(29-5)12-8-18)24-23(26)17(3)30-21-13-9-19(10-14-21)25(4)31(6,27)28/h7-14,16-17,22H,15H2,1-6H3,(H,24,26). The summed E-state index contributed by atoms with van der Waals surface area (Å²) in [5, 5.41) is 3.08. The van der Waals surface area contributed by atoms with Gasteiger partial charge < -0.3 is 14.8 Å². The molecule has 1 amide bonds. The van der Waals surface area contributed by atoms with Crippen LogP contribution in [0.4, 0.5) is 5.69 Å². The van der Waals surface area contributed by atoms with Gasteiger partial charge in [0.2, 0.25) is 10.0 Å². The Balaban J connectivity index is 2.06. The lowest BCUT2D eigenvalue weighted by Gasteiger charge is -2.24. The van der Waals surface area contributed by atoms with Crippen LogP contribution in [0.15, 0.2) is 48.5 Å². The summed E-state index contributed by atoms with van der Waals surface area (Å²) >= 11 is 0. The van der Waals surface area contributed by atoms with Gasteiger partial charge in [0.05, 0.1) is 25.1 Å². The first-order valence-electron chi connectivity index (χ1n) is 10.2. The van der Waals surface area contributed by atoms with Gasteiger partial charge in [-0.05, 0) is 61.2 Å². The molecule has 0 heterocycles. The predicted octanol–water partition coefficient (Wildman–Crippen LogP) is 3.76. The largest absolute Gasteiger partial charge is 0.497 e. The second-order valence-corrected chi connectivity index (χ2v) is 9.96. The Bertz CT molecular complexity index is 956. The van der Waals surface area contributed by atoms with Crippen molar-refractivity contribution in [2.75, 3.05) is 24.7 Å². The Labute approximate surface area is 185 Å². The molecule has 0 aliphatic rings. The van der Waals surface area contributed by atoms with Crippen LogP contribution < -0.4 is 19.1 Å². The minimum Gasteiger partial charge on any atom is -0.497 e. The zero-order chi connectivity index (χ0) is 23.2. The highest BCUT2D eigenvalue weighted by atomic mass is 32.2. The van der Waals surface area contributed by atoms with Crippen LogP contribution in [0.2, 0.25) is 0 Å². The van der Waals surface area contributed by atoms with Crippen molar-refractivity contribution < 1.29 is 22.7 Å². The Hall–Kier alpha value is -2.74. The highest BCUT2D eigenvalue weighted by molar-refractivity contribution is 7.92. The molecule has 0 aliphatic heterocycles. The van der Waals surface area contributed by atoms with Gasteiger partial charge in [-0.25, -0.2) is 8.42 Å². The second-order valence-electron chi connectivity index (χ2n) is 7.95. The lowest BCUT2D eigenvalue weighted by atomic mass is 9.96. The van der Waals surface area contributed by atoms with E-state index in [-0.39, 0.29) is 11.9 Å². The molecule has 8 heteroatoms. The van der Waals surface area contributed by atoms with Crippen molar-refractivity contribution in [2.45, 2.75) is 39.3 Å².